The van der Waals surface area contributed by atoms with Crippen molar-refractivity contribution in [1.82, 2.24) is 20.0 Å². The Morgan fingerprint density at radius 1 is 1.31 bits per heavy atom. The molecule has 3 atom stereocenters. The predicted molar refractivity (Wildman–Crippen MR) is 112 cm³/mol. The Balaban J connectivity index is 1.53. The van der Waals surface area contributed by atoms with Crippen LogP contribution in [-0.2, 0) is 4.74 Å². The molecule has 2 fully saturated rings. The fourth-order valence-electron chi connectivity index (χ4n) is 4.78. The lowest BCUT2D eigenvalue weighted by atomic mass is 9.89. The summed E-state index contributed by atoms with van der Waals surface area (Å²) < 4.78 is 7.52. The van der Waals surface area contributed by atoms with Gasteiger partial charge in [-0.2, -0.15) is 5.10 Å². The molecule has 0 spiro atoms. The maximum Gasteiger partial charge on any atom is 0.272 e. The third-order valence-corrected chi connectivity index (χ3v) is 6.19. The van der Waals surface area contributed by atoms with Crippen LogP contribution in [0.2, 0.25) is 0 Å². The second-order valence-electron chi connectivity index (χ2n) is 8.64. The van der Waals surface area contributed by atoms with Crippen LogP contribution in [0.15, 0.2) is 18.2 Å². The zero-order chi connectivity index (χ0) is 20.5. The third-order valence-electron chi connectivity index (χ3n) is 6.19. The van der Waals surface area contributed by atoms with Gasteiger partial charge in [-0.1, -0.05) is 25.5 Å². The van der Waals surface area contributed by atoms with Crippen LogP contribution in [0.25, 0.3) is 10.9 Å². The van der Waals surface area contributed by atoms with Gasteiger partial charge >= 0.3 is 0 Å². The van der Waals surface area contributed by atoms with Crippen molar-refractivity contribution in [1.29, 1.82) is 0 Å². The Labute approximate surface area is 172 Å². The van der Waals surface area contributed by atoms with Crippen LogP contribution < -0.4 is 5.32 Å². The number of carbonyl (C=O) groups is 1. The number of benzene rings is 1. The molecule has 2 N–H and O–H groups in total. The van der Waals surface area contributed by atoms with E-state index in [1.54, 1.807) is 16.8 Å². The van der Waals surface area contributed by atoms with E-state index in [-0.39, 0.29) is 23.7 Å². The second kappa shape index (κ2) is 8.32. The monoisotopic (exact) mass is 400 g/mol. The summed E-state index contributed by atoms with van der Waals surface area (Å²) in [7, 11) is 0. The predicted octanol–water partition coefficient (Wildman–Crippen LogP) is 3.08. The number of phenols is 1. The average molecular weight is 401 g/mol. The molecule has 0 saturated carbocycles. The van der Waals surface area contributed by atoms with Gasteiger partial charge in [-0.3, -0.25) is 14.4 Å². The number of piperidine rings is 1. The molecule has 1 aromatic carbocycles. The zero-order valence-corrected chi connectivity index (χ0v) is 17.6. The number of hydrogen-bond donors (Lipinski definition) is 2. The molecule has 2 bridgehead atoms. The normalized spacial score (nSPS) is 24.9. The molecular weight excluding hydrogens is 368 g/mol. The highest BCUT2D eigenvalue weighted by Crippen LogP contribution is 2.31. The van der Waals surface area contributed by atoms with Crippen LogP contribution in [0, 0.1) is 0 Å². The molecule has 29 heavy (non-hydrogen) atoms. The highest BCUT2D eigenvalue weighted by Gasteiger charge is 2.39. The summed E-state index contributed by atoms with van der Waals surface area (Å²) in [6.07, 6.45) is 4.20. The van der Waals surface area contributed by atoms with Gasteiger partial charge in [0.1, 0.15) is 11.3 Å². The highest BCUT2D eigenvalue weighted by molar-refractivity contribution is 6.06. The minimum atomic E-state index is -0.161. The lowest BCUT2D eigenvalue weighted by Gasteiger charge is -2.48. The quantitative estimate of drug-likeness (QED) is 0.779. The number of unbranched alkanes of at least 4 members (excludes halogenated alkanes) is 1. The fourth-order valence-corrected chi connectivity index (χ4v) is 4.78. The van der Waals surface area contributed by atoms with E-state index in [0.717, 1.165) is 32.6 Å². The van der Waals surface area contributed by atoms with Crippen molar-refractivity contribution in [3.05, 3.63) is 23.9 Å². The van der Waals surface area contributed by atoms with Gasteiger partial charge in [-0.05, 0) is 45.7 Å². The second-order valence-corrected chi connectivity index (χ2v) is 8.64. The van der Waals surface area contributed by atoms with E-state index in [0.29, 0.717) is 28.7 Å². The first-order valence-electron chi connectivity index (χ1n) is 10.8. The molecule has 4 rings (SSSR count). The van der Waals surface area contributed by atoms with Crippen molar-refractivity contribution in [2.24, 2.45) is 0 Å². The Bertz CT molecular complexity index is 864. The summed E-state index contributed by atoms with van der Waals surface area (Å²) in [6.45, 7) is 8.80. The molecule has 1 aromatic heterocycles. The van der Waals surface area contributed by atoms with Crippen molar-refractivity contribution in [2.45, 2.75) is 70.6 Å². The molecule has 2 aliphatic rings. The van der Waals surface area contributed by atoms with Crippen molar-refractivity contribution in [2.75, 3.05) is 19.8 Å². The average Bonchev–Trinajstić information content (AvgIpc) is 3.08. The number of ether oxygens (including phenoxy) is 1. The minimum absolute atomic E-state index is 0.0469. The van der Waals surface area contributed by atoms with Crippen molar-refractivity contribution < 1.29 is 14.6 Å². The molecule has 158 valence electrons. The number of nitrogens with one attached hydrogen (secondary N) is 1. The number of aromatic nitrogens is 2. The number of morpholine rings is 1. The number of rotatable bonds is 6. The lowest BCUT2D eigenvalue weighted by molar-refractivity contribution is -0.0802. The molecule has 1 unspecified atom stereocenters. The first-order chi connectivity index (χ1) is 14.0. The molecule has 0 radical (unpaired) electrons. The Hall–Kier alpha value is -2.12. The van der Waals surface area contributed by atoms with Crippen LogP contribution in [-0.4, -0.2) is 63.6 Å². The highest BCUT2D eigenvalue weighted by atomic mass is 16.5. The van der Waals surface area contributed by atoms with Crippen LogP contribution in [0.4, 0.5) is 0 Å². The Morgan fingerprint density at radius 2 is 2.03 bits per heavy atom. The SMILES string of the molecule is CCCCN1[C@@H]2COC[C@H]1CC(NC(=O)c1nn(C(C)C)c3c(O)cccc13)C2. The van der Waals surface area contributed by atoms with Gasteiger partial charge in [-0.25, -0.2) is 0 Å². The largest absolute Gasteiger partial charge is 0.506 e. The number of hydrogen-bond acceptors (Lipinski definition) is 5. The summed E-state index contributed by atoms with van der Waals surface area (Å²) in [6, 6.07) is 6.15. The Morgan fingerprint density at radius 3 is 2.69 bits per heavy atom. The van der Waals surface area contributed by atoms with Crippen LogP contribution in [0.5, 0.6) is 5.75 Å². The maximum atomic E-state index is 13.1. The van der Waals surface area contributed by atoms with E-state index in [4.69, 9.17) is 4.74 Å². The van der Waals surface area contributed by atoms with Crippen molar-refractivity contribution in [3.63, 3.8) is 0 Å². The van der Waals surface area contributed by atoms with Crippen LogP contribution >= 0.6 is 0 Å². The molecule has 2 saturated heterocycles. The van der Waals surface area contributed by atoms with E-state index < -0.39 is 0 Å². The topological polar surface area (TPSA) is 79.6 Å². The van der Waals surface area contributed by atoms with Crippen molar-refractivity contribution >= 4 is 16.8 Å². The lowest BCUT2D eigenvalue weighted by Crippen LogP contribution is -2.60. The van der Waals surface area contributed by atoms with Crippen molar-refractivity contribution in [3.8, 4) is 5.75 Å². The number of phenolic OH excluding ortho intramolecular Hbond substituents is 1. The number of amides is 1. The molecule has 0 aliphatic carbocycles. The van der Waals surface area contributed by atoms with E-state index in [1.165, 1.54) is 12.8 Å². The van der Waals surface area contributed by atoms with E-state index >= 15 is 0 Å². The van der Waals surface area contributed by atoms with Gasteiger partial charge in [0, 0.05) is 29.6 Å². The van der Waals surface area contributed by atoms with Crippen LogP contribution in [0.3, 0.4) is 0 Å². The first-order valence-corrected chi connectivity index (χ1v) is 10.8. The molecule has 3 heterocycles. The van der Waals surface area contributed by atoms with Gasteiger partial charge in [0.05, 0.1) is 13.2 Å². The number of nitrogens with zero attached hydrogens (tertiary/aromatic N) is 3. The maximum absolute atomic E-state index is 13.1. The molecule has 7 heteroatoms. The smallest absolute Gasteiger partial charge is 0.272 e. The van der Waals surface area contributed by atoms with Gasteiger partial charge in [0.2, 0.25) is 0 Å². The number of carbonyl (C=O) groups excluding carboxylic acids is 1. The van der Waals surface area contributed by atoms with E-state index in [1.807, 2.05) is 19.9 Å². The fraction of sp³-hybridized carbons (Fsp3) is 0.636. The minimum Gasteiger partial charge on any atom is -0.506 e. The zero-order valence-electron chi connectivity index (χ0n) is 17.6. The Kier molecular flexibility index (Phi) is 5.79. The standard InChI is InChI=1S/C22H32N4O3/c1-4-5-9-25-16-10-15(11-17(25)13-29-12-16)23-22(28)20-18-7-6-8-19(27)21(18)26(24-20)14(2)3/h6-8,14-17,27H,4-5,9-13H2,1-3H3,(H,23,28)/t15?,16-,17+. The van der Waals surface area contributed by atoms with Gasteiger partial charge in [-0.15, -0.1) is 0 Å². The summed E-state index contributed by atoms with van der Waals surface area (Å²) >= 11 is 0. The summed E-state index contributed by atoms with van der Waals surface area (Å²) in [5.74, 6) is -0.00957. The van der Waals surface area contributed by atoms with Gasteiger partial charge < -0.3 is 15.2 Å². The van der Waals surface area contributed by atoms with Gasteiger partial charge in [0.15, 0.2) is 5.69 Å². The van der Waals surface area contributed by atoms with E-state index in [9.17, 15) is 9.90 Å². The molecule has 1 amide bonds. The number of para-hydroxylation sites is 1. The summed E-state index contributed by atoms with van der Waals surface area (Å²) in [5.41, 5.74) is 1.01. The molecular formula is C22H32N4O3. The number of aromatic hydroxyl groups is 1. The molecule has 2 aliphatic heterocycles. The molecule has 2 aromatic rings. The number of fused-ring (bicyclic) bond motifs is 3. The summed E-state index contributed by atoms with van der Waals surface area (Å²) in [4.78, 5) is 15.7. The summed E-state index contributed by atoms with van der Waals surface area (Å²) in [5, 5.41) is 18.8. The molecule has 7 nitrogen and oxygen atoms in total. The first kappa shape index (κ1) is 20.2. The van der Waals surface area contributed by atoms with Crippen LogP contribution in [0.1, 0.15) is 63.0 Å². The van der Waals surface area contributed by atoms with E-state index in [2.05, 4.69) is 22.2 Å². The third kappa shape index (κ3) is 3.85. The van der Waals surface area contributed by atoms with Gasteiger partial charge in [0.25, 0.3) is 5.91 Å².